The molecule has 1 heterocycles. The van der Waals surface area contributed by atoms with E-state index in [1.54, 1.807) is 12.1 Å². The van der Waals surface area contributed by atoms with Crippen LogP contribution in [0.4, 0.5) is 0 Å². The zero-order chi connectivity index (χ0) is 14.8. The zero-order valence-corrected chi connectivity index (χ0v) is 13.3. The lowest BCUT2D eigenvalue weighted by molar-refractivity contribution is 0.0531. The average Bonchev–Trinajstić information content (AvgIpc) is 2.45. The van der Waals surface area contributed by atoms with Crippen LogP contribution in [0.3, 0.4) is 0 Å². The van der Waals surface area contributed by atoms with Gasteiger partial charge in [-0.15, -0.1) is 0 Å². The molecule has 0 spiro atoms. The van der Waals surface area contributed by atoms with Gasteiger partial charge in [0, 0.05) is 36.1 Å². The first-order valence-electron chi connectivity index (χ1n) is 6.24. The lowest BCUT2D eigenvalue weighted by Gasteiger charge is -2.31. The summed E-state index contributed by atoms with van der Waals surface area (Å²) in [4.78, 5) is 12.3. The molecule has 1 aliphatic rings. The van der Waals surface area contributed by atoms with Crippen molar-refractivity contribution in [2.75, 3.05) is 13.2 Å². The van der Waals surface area contributed by atoms with Crippen molar-refractivity contribution < 1.29 is 9.53 Å². The van der Waals surface area contributed by atoms with Gasteiger partial charge in [-0.1, -0.05) is 11.6 Å². The lowest BCUT2D eigenvalue weighted by atomic mass is 9.91. The number of nitriles is 1. The topological polar surface area (TPSA) is 62.1 Å². The number of amides is 1. The van der Waals surface area contributed by atoms with Gasteiger partial charge >= 0.3 is 0 Å². The van der Waals surface area contributed by atoms with Crippen molar-refractivity contribution in [2.45, 2.75) is 25.3 Å². The Bertz CT molecular complexity index is 554. The Hall–Kier alpha value is -1.09. The van der Waals surface area contributed by atoms with E-state index in [1.165, 1.54) is 0 Å². The van der Waals surface area contributed by atoms with E-state index in [2.05, 4.69) is 27.3 Å². The summed E-state index contributed by atoms with van der Waals surface area (Å²) in [6, 6.07) is 5.55. The molecule has 20 heavy (non-hydrogen) atoms. The molecule has 1 aromatic carbocycles. The number of nitrogens with one attached hydrogen (secondary N) is 1. The van der Waals surface area contributed by atoms with Gasteiger partial charge in [-0.2, -0.15) is 5.26 Å². The fourth-order valence-corrected chi connectivity index (χ4v) is 2.63. The number of aryl methyl sites for hydroxylation is 1. The van der Waals surface area contributed by atoms with Gasteiger partial charge in [0.25, 0.3) is 5.91 Å². The fraction of sp³-hybridized carbons (Fsp3) is 0.429. The van der Waals surface area contributed by atoms with Gasteiger partial charge in [0.2, 0.25) is 0 Å². The molecule has 0 saturated carbocycles. The summed E-state index contributed by atoms with van der Waals surface area (Å²) < 4.78 is 6.01. The van der Waals surface area contributed by atoms with Crippen molar-refractivity contribution in [3.8, 4) is 6.07 Å². The second-order valence-corrected chi connectivity index (χ2v) is 6.05. The number of rotatable bonds is 2. The Morgan fingerprint density at radius 1 is 1.50 bits per heavy atom. The van der Waals surface area contributed by atoms with Crippen LogP contribution in [0.15, 0.2) is 16.6 Å². The van der Waals surface area contributed by atoms with Crippen molar-refractivity contribution in [1.29, 1.82) is 5.26 Å². The predicted molar refractivity (Wildman–Crippen MR) is 79.8 cm³/mol. The Balaban J connectivity index is 2.22. The first-order chi connectivity index (χ1) is 9.47. The van der Waals surface area contributed by atoms with Crippen LogP contribution in [0.5, 0.6) is 0 Å². The SMILES string of the molecule is Cc1cc(C(=O)NC2(C#N)CCOCC2)cc(Cl)c1Br. The molecular formula is C14H14BrClN2O2. The lowest BCUT2D eigenvalue weighted by Crippen LogP contribution is -2.50. The minimum Gasteiger partial charge on any atom is -0.381 e. The minimum atomic E-state index is -0.844. The summed E-state index contributed by atoms with van der Waals surface area (Å²) in [6.07, 6.45) is 0.997. The molecule has 1 N–H and O–H groups in total. The van der Waals surface area contributed by atoms with Crippen LogP contribution in [-0.2, 0) is 4.74 Å². The van der Waals surface area contributed by atoms with Crippen LogP contribution < -0.4 is 5.32 Å². The number of hydrogen-bond donors (Lipinski definition) is 1. The number of halogens is 2. The van der Waals surface area contributed by atoms with Crippen LogP contribution >= 0.6 is 27.5 Å². The normalized spacial score (nSPS) is 17.3. The number of ether oxygens (including phenoxy) is 1. The highest BCUT2D eigenvalue weighted by atomic mass is 79.9. The first-order valence-corrected chi connectivity index (χ1v) is 7.42. The Kier molecular flexibility index (Phi) is 4.69. The summed E-state index contributed by atoms with van der Waals surface area (Å²) >= 11 is 9.42. The molecule has 1 aliphatic heterocycles. The Labute approximate surface area is 131 Å². The fourth-order valence-electron chi connectivity index (χ4n) is 2.13. The minimum absolute atomic E-state index is 0.286. The maximum Gasteiger partial charge on any atom is 0.252 e. The molecule has 1 amide bonds. The summed E-state index contributed by atoms with van der Waals surface area (Å²) in [5, 5.41) is 12.6. The highest BCUT2D eigenvalue weighted by Gasteiger charge is 2.34. The third-order valence-electron chi connectivity index (χ3n) is 3.39. The van der Waals surface area contributed by atoms with Gasteiger partial charge in [-0.3, -0.25) is 4.79 Å². The largest absolute Gasteiger partial charge is 0.381 e. The number of nitrogens with zero attached hydrogens (tertiary/aromatic N) is 1. The van der Waals surface area contributed by atoms with Gasteiger partial charge in [0.05, 0.1) is 11.1 Å². The summed E-state index contributed by atoms with van der Waals surface area (Å²) in [5.41, 5.74) is 0.487. The van der Waals surface area contributed by atoms with E-state index in [0.29, 0.717) is 36.6 Å². The van der Waals surface area contributed by atoms with E-state index >= 15 is 0 Å². The molecule has 0 aromatic heterocycles. The van der Waals surface area contributed by atoms with Crippen LogP contribution in [0.1, 0.15) is 28.8 Å². The highest BCUT2D eigenvalue weighted by Crippen LogP contribution is 2.28. The van der Waals surface area contributed by atoms with Crippen LogP contribution in [0, 0.1) is 18.3 Å². The maximum absolute atomic E-state index is 12.3. The second-order valence-electron chi connectivity index (χ2n) is 4.85. The maximum atomic E-state index is 12.3. The van der Waals surface area contributed by atoms with Gasteiger partial charge < -0.3 is 10.1 Å². The van der Waals surface area contributed by atoms with Crippen LogP contribution in [-0.4, -0.2) is 24.7 Å². The number of carbonyl (C=O) groups excluding carboxylic acids is 1. The molecular weight excluding hydrogens is 344 g/mol. The molecule has 106 valence electrons. The van der Waals surface area contributed by atoms with Gasteiger partial charge in [0.15, 0.2) is 0 Å². The standard InChI is InChI=1S/C14H14BrClN2O2/c1-9-6-10(7-11(16)12(9)15)13(19)18-14(8-17)2-4-20-5-3-14/h6-7H,2-5H2,1H3,(H,18,19). The van der Waals surface area contributed by atoms with Gasteiger partial charge in [-0.25, -0.2) is 0 Å². The quantitative estimate of drug-likeness (QED) is 0.884. The van der Waals surface area contributed by atoms with E-state index in [4.69, 9.17) is 16.3 Å². The molecule has 1 saturated heterocycles. The van der Waals surface area contributed by atoms with Crippen LogP contribution in [0.2, 0.25) is 5.02 Å². The Morgan fingerprint density at radius 2 is 2.15 bits per heavy atom. The molecule has 4 nitrogen and oxygen atoms in total. The van der Waals surface area contributed by atoms with Crippen molar-refractivity contribution >= 4 is 33.4 Å². The number of carbonyl (C=O) groups is 1. The van der Waals surface area contributed by atoms with Crippen molar-refractivity contribution in [3.05, 3.63) is 32.8 Å². The third-order valence-corrected chi connectivity index (χ3v) is 4.96. The van der Waals surface area contributed by atoms with E-state index in [9.17, 15) is 10.1 Å². The molecule has 0 radical (unpaired) electrons. The van der Waals surface area contributed by atoms with Gasteiger partial charge in [0.1, 0.15) is 5.54 Å². The molecule has 0 aliphatic carbocycles. The van der Waals surface area contributed by atoms with E-state index in [0.717, 1.165) is 10.0 Å². The molecule has 0 unspecified atom stereocenters. The molecule has 0 bridgehead atoms. The predicted octanol–water partition coefficient (Wildman–Crippen LogP) is 3.21. The second kappa shape index (κ2) is 6.13. The molecule has 2 rings (SSSR count). The molecule has 0 atom stereocenters. The summed E-state index contributed by atoms with van der Waals surface area (Å²) in [6.45, 7) is 2.82. The van der Waals surface area contributed by atoms with E-state index in [-0.39, 0.29) is 5.91 Å². The molecule has 1 aromatic rings. The molecule has 6 heteroatoms. The number of hydrogen-bond acceptors (Lipinski definition) is 3. The summed E-state index contributed by atoms with van der Waals surface area (Å²) in [5.74, 6) is -0.286. The summed E-state index contributed by atoms with van der Waals surface area (Å²) in [7, 11) is 0. The third kappa shape index (κ3) is 3.14. The molecule has 1 fully saturated rings. The van der Waals surface area contributed by atoms with E-state index < -0.39 is 5.54 Å². The number of benzene rings is 1. The average molecular weight is 358 g/mol. The smallest absolute Gasteiger partial charge is 0.252 e. The van der Waals surface area contributed by atoms with Crippen molar-refractivity contribution in [2.24, 2.45) is 0 Å². The Morgan fingerprint density at radius 3 is 2.70 bits per heavy atom. The van der Waals surface area contributed by atoms with E-state index in [1.807, 2.05) is 6.92 Å². The van der Waals surface area contributed by atoms with Crippen molar-refractivity contribution in [1.82, 2.24) is 5.32 Å². The monoisotopic (exact) mass is 356 g/mol. The zero-order valence-electron chi connectivity index (χ0n) is 11.0. The highest BCUT2D eigenvalue weighted by molar-refractivity contribution is 9.10. The van der Waals surface area contributed by atoms with Crippen LogP contribution in [0.25, 0.3) is 0 Å². The first kappa shape index (κ1) is 15.3. The van der Waals surface area contributed by atoms with Gasteiger partial charge in [-0.05, 0) is 40.5 Å². The van der Waals surface area contributed by atoms with Crippen molar-refractivity contribution in [3.63, 3.8) is 0 Å².